The predicted molar refractivity (Wildman–Crippen MR) is 121 cm³/mol. The number of anilines is 1. The number of halogens is 1. The van der Waals surface area contributed by atoms with Crippen LogP contribution in [0.2, 0.25) is 0 Å². The Hall–Kier alpha value is -4.06. The predicted octanol–water partition coefficient (Wildman–Crippen LogP) is 4.86. The van der Waals surface area contributed by atoms with Gasteiger partial charge in [-0.05, 0) is 46.7 Å². The van der Waals surface area contributed by atoms with Crippen LogP contribution >= 0.6 is 0 Å². The fourth-order valence-corrected chi connectivity index (χ4v) is 3.37. The second-order valence-corrected chi connectivity index (χ2v) is 7.16. The van der Waals surface area contributed by atoms with E-state index in [0.717, 1.165) is 27.1 Å². The van der Waals surface area contributed by atoms with Crippen molar-refractivity contribution in [2.45, 2.75) is 6.92 Å². The van der Waals surface area contributed by atoms with Gasteiger partial charge in [-0.25, -0.2) is 9.82 Å². The zero-order valence-corrected chi connectivity index (χ0v) is 16.8. The molecule has 0 aliphatic heterocycles. The summed E-state index contributed by atoms with van der Waals surface area (Å²) < 4.78 is 13.7. The molecule has 0 saturated heterocycles. The van der Waals surface area contributed by atoms with Crippen LogP contribution < -0.4 is 10.7 Å². The first kappa shape index (κ1) is 20.2. The van der Waals surface area contributed by atoms with Crippen LogP contribution in [0.4, 0.5) is 10.1 Å². The fourth-order valence-electron chi connectivity index (χ4n) is 3.37. The minimum atomic E-state index is -1.05. The Balaban J connectivity index is 1.53. The van der Waals surface area contributed by atoms with Crippen molar-refractivity contribution in [1.82, 2.24) is 5.43 Å². The third-order valence-electron chi connectivity index (χ3n) is 5.10. The van der Waals surface area contributed by atoms with E-state index in [0.29, 0.717) is 0 Å². The smallest absolute Gasteiger partial charge is 0.252 e. The molecule has 154 valence electrons. The Labute approximate surface area is 178 Å². The van der Waals surface area contributed by atoms with Crippen molar-refractivity contribution in [3.63, 3.8) is 0 Å². The van der Waals surface area contributed by atoms with E-state index < -0.39 is 23.5 Å². The number of benzene rings is 4. The first-order chi connectivity index (χ1) is 15.0. The van der Waals surface area contributed by atoms with E-state index in [2.05, 4.69) is 21.9 Å². The third-order valence-corrected chi connectivity index (χ3v) is 5.10. The van der Waals surface area contributed by atoms with Crippen molar-refractivity contribution in [2.75, 3.05) is 5.32 Å². The quantitative estimate of drug-likeness (QED) is 0.212. The summed E-state index contributed by atoms with van der Waals surface area (Å²) in [4.78, 5) is 24.7. The van der Waals surface area contributed by atoms with Crippen LogP contribution in [0, 0.1) is 11.7 Å². The Morgan fingerprint density at radius 2 is 1.45 bits per heavy atom. The Bertz CT molecular complexity index is 1260. The highest BCUT2D eigenvalue weighted by Crippen LogP contribution is 2.27. The van der Waals surface area contributed by atoms with Crippen LogP contribution in [0.1, 0.15) is 12.5 Å². The molecule has 6 heteroatoms. The molecule has 0 aliphatic carbocycles. The second-order valence-electron chi connectivity index (χ2n) is 7.16. The highest BCUT2D eigenvalue weighted by Gasteiger charge is 2.22. The van der Waals surface area contributed by atoms with Crippen LogP contribution in [0.3, 0.4) is 0 Å². The Morgan fingerprint density at radius 1 is 0.871 bits per heavy atom. The number of carbonyl (C=O) groups excluding carboxylic acids is 2. The summed E-state index contributed by atoms with van der Waals surface area (Å²) in [5.74, 6) is -2.83. The van der Waals surface area contributed by atoms with Gasteiger partial charge >= 0.3 is 0 Å². The molecule has 31 heavy (non-hydrogen) atoms. The molecule has 4 aromatic carbocycles. The molecule has 5 nitrogen and oxygen atoms in total. The van der Waals surface area contributed by atoms with Gasteiger partial charge in [0.25, 0.3) is 5.91 Å². The van der Waals surface area contributed by atoms with E-state index in [1.54, 1.807) is 12.3 Å². The van der Waals surface area contributed by atoms with E-state index in [-0.39, 0.29) is 5.69 Å². The van der Waals surface area contributed by atoms with Gasteiger partial charge in [0, 0.05) is 5.56 Å². The van der Waals surface area contributed by atoms with E-state index in [1.165, 1.54) is 25.1 Å². The molecule has 0 aliphatic rings. The molecule has 0 radical (unpaired) electrons. The lowest BCUT2D eigenvalue weighted by Gasteiger charge is -2.11. The monoisotopic (exact) mass is 413 g/mol. The summed E-state index contributed by atoms with van der Waals surface area (Å²) in [6.07, 6.45) is 1.59. The molecule has 1 atom stereocenters. The molecule has 0 fully saturated rings. The number of hydrazone groups is 1. The first-order valence-electron chi connectivity index (χ1n) is 9.83. The highest BCUT2D eigenvalue weighted by molar-refractivity contribution is 6.13. The molecule has 0 saturated carbocycles. The molecule has 4 rings (SSSR count). The average molecular weight is 413 g/mol. The van der Waals surface area contributed by atoms with Crippen LogP contribution in [-0.2, 0) is 9.59 Å². The van der Waals surface area contributed by atoms with E-state index in [9.17, 15) is 14.0 Å². The van der Waals surface area contributed by atoms with Gasteiger partial charge in [0.2, 0.25) is 5.91 Å². The first-order valence-corrected chi connectivity index (χ1v) is 9.83. The molecule has 1 unspecified atom stereocenters. The molecule has 0 spiro atoms. The second kappa shape index (κ2) is 8.75. The summed E-state index contributed by atoms with van der Waals surface area (Å²) >= 11 is 0. The molecular weight excluding hydrogens is 393 g/mol. The lowest BCUT2D eigenvalue weighted by atomic mass is 9.97. The largest absolute Gasteiger partial charge is 0.323 e. The number of rotatable bonds is 5. The number of para-hydroxylation sites is 1. The maximum atomic E-state index is 13.7. The molecule has 4 aromatic rings. The summed E-state index contributed by atoms with van der Waals surface area (Å²) in [6.45, 7) is 1.44. The van der Waals surface area contributed by atoms with Gasteiger partial charge in [-0.2, -0.15) is 5.10 Å². The van der Waals surface area contributed by atoms with Crippen molar-refractivity contribution in [1.29, 1.82) is 0 Å². The van der Waals surface area contributed by atoms with Crippen LogP contribution in [0.5, 0.6) is 0 Å². The molecule has 0 bridgehead atoms. The standard InChI is InChI=1S/C25H20FN3O2/c1-16(24(30)28-23-13-7-6-12-22(23)26)25(31)29-27-15-21-19-10-4-2-8-17(19)14-18-9-3-5-11-20(18)21/h2-16H,1H3,(H,28,30)(H,29,31). The average Bonchev–Trinajstić information content (AvgIpc) is 2.79. The maximum absolute atomic E-state index is 13.7. The Kier molecular flexibility index (Phi) is 5.71. The number of fused-ring (bicyclic) bond motifs is 2. The van der Waals surface area contributed by atoms with Gasteiger partial charge in [-0.1, -0.05) is 60.7 Å². The van der Waals surface area contributed by atoms with Crippen molar-refractivity contribution in [3.05, 3.63) is 90.2 Å². The number of nitrogens with one attached hydrogen (secondary N) is 2. The van der Waals surface area contributed by atoms with Gasteiger partial charge in [-0.15, -0.1) is 0 Å². The topological polar surface area (TPSA) is 70.6 Å². The van der Waals surface area contributed by atoms with E-state index >= 15 is 0 Å². The van der Waals surface area contributed by atoms with Gasteiger partial charge in [0.15, 0.2) is 0 Å². The van der Waals surface area contributed by atoms with E-state index in [1.807, 2.05) is 48.5 Å². The minimum absolute atomic E-state index is 0.0258. The summed E-state index contributed by atoms with van der Waals surface area (Å²) in [6, 6.07) is 23.8. The van der Waals surface area contributed by atoms with E-state index in [4.69, 9.17) is 0 Å². The summed E-state index contributed by atoms with van der Waals surface area (Å²) in [7, 11) is 0. The van der Waals surface area contributed by atoms with Crippen molar-refractivity contribution in [2.24, 2.45) is 11.0 Å². The molecule has 0 heterocycles. The fraction of sp³-hybridized carbons (Fsp3) is 0.0800. The third kappa shape index (κ3) is 4.28. The zero-order chi connectivity index (χ0) is 21.8. The lowest BCUT2D eigenvalue weighted by molar-refractivity contribution is -0.131. The van der Waals surface area contributed by atoms with Crippen molar-refractivity contribution < 1.29 is 14.0 Å². The van der Waals surface area contributed by atoms with Crippen molar-refractivity contribution >= 4 is 45.3 Å². The number of hydrogen-bond donors (Lipinski definition) is 2. The SMILES string of the molecule is CC(C(=O)NN=Cc1c2ccccc2cc2ccccc12)C(=O)Nc1ccccc1F. The van der Waals surface area contributed by atoms with Crippen LogP contribution in [0.25, 0.3) is 21.5 Å². The maximum Gasteiger partial charge on any atom is 0.252 e. The highest BCUT2D eigenvalue weighted by atomic mass is 19.1. The lowest BCUT2D eigenvalue weighted by Crippen LogP contribution is -2.34. The molecule has 0 aromatic heterocycles. The van der Waals surface area contributed by atoms with Gasteiger partial charge in [0.1, 0.15) is 11.7 Å². The van der Waals surface area contributed by atoms with Gasteiger partial charge < -0.3 is 5.32 Å². The van der Waals surface area contributed by atoms with Crippen molar-refractivity contribution in [3.8, 4) is 0 Å². The zero-order valence-electron chi connectivity index (χ0n) is 16.8. The number of hydrogen-bond acceptors (Lipinski definition) is 3. The summed E-state index contributed by atoms with van der Waals surface area (Å²) in [5.41, 5.74) is 3.32. The van der Waals surface area contributed by atoms with Crippen LogP contribution in [0.15, 0.2) is 84.0 Å². The molecule has 2 amide bonds. The van der Waals surface area contributed by atoms with Gasteiger partial charge in [0.05, 0.1) is 11.9 Å². The van der Waals surface area contributed by atoms with Gasteiger partial charge in [-0.3, -0.25) is 9.59 Å². The normalized spacial score (nSPS) is 12.2. The molecule has 2 N–H and O–H groups in total. The number of nitrogens with zero attached hydrogens (tertiary/aromatic N) is 1. The van der Waals surface area contributed by atoms with Crippen LogP contribution in [-0.4, -0.2) is 18.0 Å². The molecular formula is C25H20FN3O2. The summed E-state index contributed by atoms with van der Waals surface area (Å²) in [5, 5.41) is 10.6. The number of amides is 2. The minimum Gasteiger partial charge on any atom is -0.323 e. The number of carbonyl (C=O) groups is 2. The Morgan fingerprint density at radius 3 is 2.10 bits per heavy atom.